The summed E-state index contributed by atoms with van der Waals surface area (Å²) in [6, 6.07) is 0.193. The number of aliphatic hydroxyl groups is 1. The molecule has 1 N–H and O–H groups in total. The van der Waals surface area contributed by atoms with E-state index in [0.717, 1.165) is 57.9 Å². The molecule has 4 rings (SSSR count). The Morgan fingerprint density at radius 1 is 1.11 bits per heavy atom. The van der Waals surface area contributed by atoms with Gasteiger partial charge >= 0.3 is 0 Å². The summed E-state index contributed by atoms with van der Waals surface area (Å²) < 4.78 is 0. The minimum Gasteiger partial charge on any atom is -0.393 e. The molecule has 0 bridgehead atoms. The first kappa shape index (κ1) is 18.3. The van der Waals surface area contributed by atoms with Gasteiger partial charge in [-0.2, -0.15) is 0 Å². The van der Waals surface area contributed by atoms with E-state index in [1.54, 1.807) is 24.2 Å². The van der Waals surface area contributed by atoms with Gasteiger partial charge in [0.1, 0.15) is 11.4 Å². The number of hydrogen-bond acceptors (Lipinski definition) is 5. The second-order valence-electron chi connectivity index (χ2n) is 8.18. The highest BCUT2D eigenvalue weighted by atomic mass is 16.3. The molecule has 1 aromatic heterocycles. The summed E-state index contributed by atoms with van der Waals surface area (Å²) in [4.78, 5) is 38.8. The maximum Gasteiger partial charge on any atom is 0.257 e. The van der Waals surface area contributed by atoms with Gasteiger partial charge in [0.05, 0.1) is 11.7 Å². The number of hydrogen-bond donors (Lipinski definition) is 1. The van der Waals surface area contributed by atoms with Gasteiger partial charge in [0.25, 0.3) is 5.91 Å². The van der Waals surface area contributed by atoms with Gasteiger partial charge < -0.3 is 14.9 Å². The minimum atomic E-state index is -0.712. The van der Waals surface area contributed by atoms with Crippen molar-refractivity contribution in [3.63, 3.8) is 0 Å². The van der Waals surface area contributed by atoms with Crippen LogP contribution in [-0.2, 0) is 4.79 Å². The SMILES string of the molecule is Cc1ncc(C(=O)N2CCCC23CCCN(C2CCC(O)CC2)C3=O)cn1. The lowest BCUT2D eigenvalue weighted by Gasteiger charge is -2.48. The van der Waals surface area contributed by atoms with Crippen LogP contribution in [0.3, 0.4) is 0 Å². The number of carbonyl (C=O) groups excluding carboxylic acids is 2. The first-order chi connectivity index (χ1) is 13.0. The minimum absolute atomic E-state index is 0.106. The molecular weight excluding hydrogens is 344 g/mol. The Kier molecular flexibility index (Phi) is 4.88. The zero-order chi connectivity index (χ0) is 19.0. The molecule has 2 aliphatic heterocycles. The van der Waals surface area contributed by atoms with E-state index in [1.165, 1.54) is 0 Å². The van der Waals surface area contributed by atoms with Gasteiger partial charge in [-0.1, -0.05) is 0 Å². The van der Waals surface area contributed by atoms with Crippen molar-refractivity contribution in [3.8, 4) is 0 Å². The first-order valence-electron chi connectivity index (χ1n) is 10.1. The Bertz CT molecular complexity index is 714. The maximum atomic E-state index is 13.6. The van der Waals surface area contributed by atoms with Gasteiger partial charge in [-0.05, 0) is 58.3 Å². The number of amides is 2. The predicted octanol–water partition coefficient (Wildman–Crippen LogP) is 1.69. The molecule has 1 aromatic rings. The van der Waals surface area contributed by atoms with Crippen LogP contribution >= 0.6 is 0 Å². The molecule has 1 atom stereocenters. The smallest absolute Gasteiger partial charge is 0.257 e. The van der Waals surface area contributed by atoms with E-state index in [1.807, 2.05) is 4.90 Å². The fraction of sp³-hybridized carbons (Fsp3) is 0.700. The molecule has 1 aliphatic carbocycles. The fourth-order valence-corrected chi connectivity index (χ4v) is 5.05. The van der Waals surface area contributed by atoms with Crippen LogP contribution in [0.1, 0.15) is 67.5 Å². The largest absolute Gasteiger partial charge is 0.393 e. The van der Waals surface area contributed by atoms with Crippen molar-refractivity contribution < 1.29 is 14.7 Å². The van der Waals surface area contributed by atoms with E-state index in [-0.39, 0.29) is 24.0 Å². The lowest BCUT2D eigenvalue weighted by molar-refractivity contribution is -0.149. The van der Waals surface area contributed by atoms with Gasteiger partial charge in [-0.3, -0.25) is 9.59 Å². The van der Waals surface area contributed by atoms with E-state index in [0.29, 0.717) is 17.9 Å². The monoisotopic (exact) mass is 372 g/mol. The second kappa shape index (κ2) is 7.19. The summed E-state index contributed by atoms with van der Waals surface area (Å²) in [6.45, 7) is 3.15. The molecule has 3 fully saturated rings. The van der Waals surface area contributed by atoms with Crippen LogP contribution in [0.2, 0.25) is 0 Å². The predicted molar refractivity (Wildman–Crippen MR) is 99.0 cm³/mol. The first-order valence-corrected chi connectivity index (χ1v) is 10.1. The molecule has 27 heavy (non-hydrogen) atoms. The molecule has 2 saturated heterocycles. The Morgan fingerprint density at radius 3 is 2.41 bits per heavy atom. The highest BCUT2D eigenvalue weighted by molar-refractivity contribution is 5.99. The molecule has 0 radical (unpaired) electrons. The van der Waals surface area contributed by atoms with Gasteiger partial charge in [0.15, 0.2) is 0 Å². The van der Waals surface area contributed by atoms with Crippen LogP contribution in [0, 0.1) is 6.92 Å². The molecule has 3 aliphatic rings. The standard InChI is InChI=1S/C20H28N4O3/c1-14-21-12-15(13-22-14)18(26)24-11-3-9-20(24)8-2-10-23(19(20)27)16-4-6-17(25)7-5-16/h12-13,16-17,25H,2-11H2,1H3. The molecule has 0 aromatic carbocycles. The second-order valence-corrected chi connectivity index (χ2v) is 8.18. The number of likely N-dealkylation sites (tertiary alicyclic amines) is 2. The summed E-state index contributed by atoms with van der Waals surface area (Å²) in [5.41, 5.74) is -0.261. The molecule has 1 saturated carbocycles. The number of aryl methyl sites for hydroxylation is 1. The van der Waals surface area contributed by atoms with Crippen LogP contribution in [0.15, 0.2) is 12.4 Å². The van der Waals surface area contributed by atoms with Gasteiger partial charge in [0.2, 0.25) is 5.91 Å². The third-order valence-corrected chi connectivity index (χ3v) is 6.52. The molecule has 2 amide bonds. The Balaban J connectivity index is 1.57. The third-order valence-electron chi connectivity index (χ3n) is 6.52. The lowest BCUT2D eigenvalue weighted by atomic mass is 9.82. The maximum absolute atomic E-state index is 13.6. The quantitative estimate of drug-likeness (QED) is 0.854. The normalized spacial score (nSPS) is 31.6. The number of aliphatic hydroxyl groups excluding tert-OH is 1. The number of carbonyl (C=O) groups is 2. The van der Waals surface area contributed by atoms with Gasteiger partial charge in [0, 0.05) is 31.5 Å². The van der Waals surface area contributed by atoms with Crippen LogP contribution in [0.25, 0.3) is 0 Å². The van der Waals surface area contributed by atoms with Crippen molar-refractivity contribution in [2.45, 2.75) is 76.0 Å². The number of rotatable bonds is 2. The molecule has 7 nitrogen and oxygen atoms in total. The lowest BCUT2D eigenvalue weighted by Crippen LogP contribution is -2.63. The summed E-state index contributed by atoms with van der Waals surface area (Å²) in [5.74, 6) is 0.595. The van der Waals surface area contributed by atoms with Crippen molar-refractivity contribution in [3.05, 3.63) is 23.8 Å². The summed E-state index contributed by atoms with van der Waals surface area (Å²) >= 11 is 0. The summed E-state index contributed by atoms with van der Waals surface area (Å²) in [6.07, 6.45) is 9.32. The number of nitrogens with zero attached hydrogens (tertiary/aromatic N) is 4. The molecule has 1 spiro atoms. The van der Waals surface area contributed by atoms with Gasteiger partial charge in [-0.15, -0.1) is 0 Å². The highest BCUT2D eigenvalue weighted by Gasteiger charge is 2.53. The molecule has 7 heteroatoms. The van der Waals surface area contributed by atoms with Crippen molar-refractivity contribution in [2.24, 2.45) is 0 Å². The fourth-order valence-electron chi connectivity index (χ4n) is 5.05. The van der Waals surface area contributed by atoms with E-state index in [4.69, 9.17) is 0 Å². The summed E-state index contributed by atoms with van der Waals surface area (Å²) in [5, 5.41) is 9.79. The van der Waals surface area contributed by atoms with E-state index in [9.17, 15) is 14.7 Å². The van der Waals surface area contributed by atoms with Crippen molar-refractivity contribution >= 4 is 11.8 Å². The third kappa shape index (κ3) is 3.22. The highest BCUT2D eigenvalue weighted by Crippen LogP contribution is 2.41. The van der Waals surface area contributed by atoms with Crippen molar-refractivity contribution in [1.29, 1.82) is 0 Å². The number of piperidine rings is 1. The Labute approximate surface area is 159 Å². The molecule has 3 heterocycles. The Morgan fingerprint density at radius 2 is 1.74 bits per heavy atom. The van der Waals surface area contributed by atoms with Crippen LogP contribution in [-0.4, -0.2) is 67.5 Å². The van der Waals surface area contributed by atoms with Crippen LogP contribution < -0.4 is 0 Å². The average molecular weight is 372 g/mol. The van der Waals surface area contributed by atoms with Crippen LogP contribution in [0.4, 0.5) is 0 Å². The van der Waals surface area contributed by atoms with Crippen LogP contribution in [0.5, 0.6) is 0 Å². The van der Waals surface area contributed by atoms with Gasteiger partial charge in [-0.25, -0.2) is 9.97 Å². The van der Waals surface area contributed by atoms with Crippen molar-refractivity contribution in [1.82, 2.24) is 19.8 Å². The Hall–Kier alpha value is -2.02. The van der Waals surface area contributed by atoms with Crippen molar-refractivity contribution in [2.75, 3.05) is 13.1 Å². The van der Waals surface area contributed by atoms with E-state index >= 15 is 0 Å². The zero-order valence-corrected chi connectivity index (χ0v) is 15.9. The van der Waals surface area contributed by atoms with E-state index < -0.39 is 5.54 Å². The molecular formula is C20H28N4O3. The number of aromatic nitrogens is 2. The average Bonchev–Trinajstić information content (AvgIpc) is 3.09. The zero-order valence-electron chi connectivity index (χ0n) is 15.9. The summed E-state index contributed by atoms with van der Waals surface area (Å²) in [7, 11) is 0. The topological polar surface area (TPSA) is 86.6 Å². The van der Waals surface area contributed by atoms with E-state index in [2.05, 4.69) is 9.97 Å². The molecule has 146 valence electrons. The molecule has 1 unspecified atom stereocenters.